The van der Waals surface area contributed by atoms with Gasteiger partial charge in [0.05, 0.1) is 11.7 Å². The predicted molar refractivity (Wildman–Crippen MR) is 132 cm³/mol. The van der Waals surface area contributed by atoms with Gasteiger partial charge in [-0.05, 0) is 31.9 Å². The monoisotopic (exact) mass is 524 g/mol. The van der Waals surface area contributed by atoms with Gasteiger partial charge in [-0.1, -0.05) is 70.4 Å². The van der Waals surface area contributed by atoms with Gasteiger partial charge in [0.1, 0.15) is 5.01 Å². The van der Waals surface area contributed by atoms with E-state index in [4.69, 9.17) is 23.2 Å². The van der Waals surface area contributed by atoms with Crippen LogP contribution in [0.5, 0.6) is 0 Å². The van der Waals surface area contributed by atoms with Crippen LogP contribution in [0, 0.1) is 12.8 Å². The number of hydrogen-bond donors (Lipinski definition) is 1. The van der Waals surface area contributed by atoms with Gasteiger partial charge in [-0.2, -0.15) is 0 Å². The molecule has 0 saturated carbocycles. The first-order valence-corrected chi connectivity index (χ1v) is 13.5. The number of anilines is 1. The van der Waals surface area contributed by atoms with Crippen molar-refractivity contribution in [1.82, 2.24) is 14.5 Å². The number of aryl methyl sites for hydroxylation is 1. The first kappa shape index (κ1) is 24.1. The fraction of sp³-hybridized carbons (Fsp3) is 0.318. The molecule has 0 spiro atoms. The number of hydrogen-bond acceptors (Lipinski definition) is 6. The maximum atomic E-state index is 13.0. The summed E-state index contributed by atoms with van der Waals surface area (Å²) in [5, 5.41) is 12.7. The Balaban J connectivity index is 1.42. The zero-order valence-electron chi connectivity index (χ0n) is 17.8. The molecule has 1 aliphatic rings. The van der Waals surface area contributed by atoms with E-state index in [1.165, 1.54) is 15.6 Å². The number of aromatic nitrogens is 2. The standard InChI is InChI=1S/C22H22Cl2N4O3S2/c1-14-7-9-15(10-8-14)21-26-27-22(32-21)25-20(29)16-4-3-11-28(12-16)33(30,31)13-17-18(23)5-2-6-19(17)24/h2,5-10,16H,3-4,11-13H2,1H3,(H,25,27,29). The Morgan fingerprint density at radius 3 is 2.55 bits per heavy atom. The molecule has 2 heterocycles. The van der Waals surface area contributed by atoms with Gasteiger partial charge in [-0.15, -0.1) is 10.2 Å². The summed E-state index contributed by atoms with van der Waals surface area (Å²) in [5.74, 6) is -1.06. The van der Waals surface area contributed by atoms with Crippen molar-refractivity contribution in [3.05, 3.63) is 63.6 Å². The Labute approximate surface area is 206 Å². The van der Waals surface area contributed by atoms with Crippen LogP contribution >= 0.6 is 34.5 Å². The lowest BCUT2D eigenvalue weighted by Crippen LogP contribution is -2.44. The minimum atomic E-state index is -3.70. The summed E-state index contributed by atoms with van der Waals surface area (Å²) in [7, 11) is -3.70. The third-order valence-electron chi connectivity index (χ3n) is 5.49. The number of nitrogens with one attached hydrogen (secondary N) is 1. The minimum Gasteiger partial charge on any atom is -0.300 e. The molecule has 4 rings (SSSR count). The number of carbonyl (C=O) groups excluding carboxylic acids is 1. The molecule has 2 aromatic carbocycles. The highest BCUT2D eigenvalue weighted by atomic mass is 35.5. The summed E-state index contributed by atoms with van der Waals surface area (Å²) >= 11 is 13.6. The van der Waals surface area contributed by atoms with Crippen molar-refractivity contribution in [2.24, 2.45) is 5.92 Å². The molecule has 0 bridgehead atoms. The van der Waals surface area contributed by atoms with Gasteiger partial charge in [-0.3, -0.25) is 4.79 Å². The number of nitrogens with zero attached hydrogens (tertiary/aromatic N) is 3. The highest BCUT2D eigenvalue weighted by Gasteiger charge is 2.33. The SMILES string of the molecule is Cc1ccc(-c2nnc(NC(=O)C3CCCN(S(=O)(=O)Cc4c(Cl)cccc4Cl)C3)s2)cc1. The van der Waals surface area contributed by atoms with Crippen molar-refractivity contribution in [2.45, 2.75) is 25.5 Å². The average molecular weight is 525 g/mol. The number of halogens is 2. The Bertz CT molecular complexity index is 1240. The maximum absolute atomic E-state index is 13.0. The molecule has 1 saturated heterocycles. The summed E-state index contributed by atoms with van der Waals surface area (Å²) in [6.07, 6.45) is 1.17. The summed E-state index contributed by atoms with van der Waals surface area (Å²) in [4.78, 5) is 12.9. The first-order chi connectivity index (χ1) is 15.7. The van der Waals surface area contributed by atoms with Crippen molar-refractivity contribution in [2.75, 3.05) is 18.4 Å². The molecule has 1 atom stereocenters. The van der Waals surface area contributed by atoms with Gasteiger partial charge in [0, 0.05) is 34.3 Å². The summed E-state index contributed by atoms with van der Waals surface area (Å²) in [6, 6.07) is 12.8. The topological polar surface area (TPSA) is 92.3 Å². The molecule has 1 fully saturated rings. The fourth-order valence-electron chi connectivity index (χ4n) is 3.65. The van der Waals surface area contributed by atoms with Crippen molar-refractivity contribution in [3.63, 3.8) is 0 Å². The van der Waals surface area contributed by atoms with Crippen LogP contribution in [0.25, 0.3) is 10.6 Å². The quantitative estimate of drug-likeness (QED) is 0.489. The van der Waals surface area contributed by atoms with Gasteiger partial charge in [0.25, 0.3) is 0 Å². The number of benzene rings is 2. The second-order valence-corrected chi connectivity index (χ2v) is 11.7. The number of sulfonamides is 1. The molecular weight excluding hydrogens is 503 g/mol. The maximum Gasteiger partial charge on any atom is 0.230 e. The molecule has 7 nitrogen and oxygen atoms in total. The summed E-state index contributed by atoms with van der Waals surface area (Å²) in [6.45, 7) is 2.46. The average Bonchev–Trinajstić information content (AvgIpc) is 3.25. The number of rotatable bonds is 6. The third kappa shape index (κ3) is 5.73. The van der Waals surface area contributed by atoms with Crippen LogP contribution in [0.4, 0.5) is 5.13 Å². The van der Waals surface area contributed by atoms with Gasteiger partial charge in [0.2, 0.25) is 21.1 Å². The second kappa shape index (κ2) is 10.1. The smallest absolute Gasteiger partial charge is 0.230 e. The lowest BCUT2D eigenvalue weighted by molar-refractivity contribution is -0.120. The lowest BCUT2D eigenvalue weighted by atomic mass is 9.99. The van der Waals surface area contributed by atoms with Crippen molar-refractivity contribution < 1.29 is 13.2 Å². The van der Waals surface area contributed by atoms with E-state index in [-0.39, 0.29) is 18.2 Å². The van der Waals surface area contributed by atoms with E-state index < -0.39 is 15.9 Å². The van der Waals surface area contributed by atoms with Crippen LogP contribution in [0.1, 0.15) is 24.0 Å². The molecule has 0 aliphatic carbocycles. The second-order valence-electron chi connectivity index (χ2n) is 7.92. The molecule has 1 amide bonds. The Morgan fingerprint density at radius 1 is 1.15 bits per heavy atom. The Morgan fingerprint density at radius 2 is 1.85 bits per heavy atom. The minimum absolute atomic E-state index is 0.0971. The van der Waals surface area contributed by atoms with E-state index in [1.54, 1.807) is 18.2 Å². The fourth-order valence-corrected chi connectivity index (χ4v) is 6.76. The molecule has 1 N–H and O–H groups in total. The highest BCUT2D eigenvalue weighted by Crippen LogP contribution is 2.30. The van der Waals surface area contributed by atoms with Gasteiger partial charge >= 0.3 is 0 Å². The van der Waals surface area contributed by atoms with Crippen LogP contribution in [-0.2, 0) is 20.6 Å². The van der Waals surface area contributed by atoms with Crippen LogP contribution in [0.3, 0.4) is 0 Å². The zero-order valence-corrected chi connectivity index (χ0v) is 20.9. The zero-order chi connectivity index (χ0) is 23.6. The summed E-state index contributed by atoms with van der Waals surface area (Å²) < 4.78 is 27.4. The van der Waals surface area contributed by atoms with Crippen LogP contribution in [-0.4, -0.2) is 41.9 Å². The molecule has 33 heavy (non-hydrogen) atoms. The normalized spacial score (nSPS) is 17.1. The molecule has 0 radical (unpaired) electrons. The van der Waals surface area contributed by atoms with Crippen LogP contribution in [0.2, 0.25) is 10.0 Å². The van der Waals surface area contributed by atoms with E-state index in [1.807, 2.05) is 31.2 Å². The highest BCUT2D eigenvalue weighted by molar-refractivity contribution is 7.88. The number of carbonyl (C=O) groups is 1. The van der Waals surface area contributed by atoms with Gasteiger partial charge in [-0.25, -0.2) is 12.7 Å². The van der Waals surface area contributed by atoms with Crippen molar-refractivity contribution in [1.29, 1.82) is 0 Å². The Kier molecular flexibility index (Phi) is 7.35. The van der Waals surface area contributed by atoms with E-state index in [0.717, 1.165) is 11.1 Å². The molecule has 174 valence electrons. The third-order valence-corrected chi connectivity index (χ3v) is 8.86. The van der Waals surface area contributed by atoms with Crippen molar-refractivity contribution in [3.8, 4) is 10.6 Å². The van der Waals surface area contributed by atoms with E-state index in [2.05, 4.69) is 15.5 Å². The Hall–Kier alpha value is -2.04. The molecule has 3 aromatic rings. The van der Waals surface area contributed by atoms with Gasteiger partial charge < -0.3 is 5.32 Å². The molecule has 1 aliphatic heterocycles. The lowest BCUT2D eigenvalue weighted by Gasteiger charge is -2.31. The van der Waals surface area contributed by atoms with Gasteiger partial charge in [0.15, 0.2) is 0 Å². The number of piperidine rings is 1. The summed E-state index contributed by atoms with van der Waals surface area (Å²) in [5.41, 5.74) is 2.43. The molecule has 11 heteroatoms. The van der Waals surface area contributed by atoms with E-state index >= 15 is 0 Å². The largest absolute Gasteiger partial charge is 0.300 e. The molecule has 1 aromatic heterocycles. The van der Waals surface area contributed by atoms with Crippen LogP contribution < -0.4 is 5.32 Å². The van der Waals surface area contributed by atoms with Crippen LogP contribution in [0.15, 0.2) is 42.5 Å². The molecule has 1 unspecified atom stereocenters. The van der Waals surface area contributed by atoms with E-state index in [9.17, 15) is 13.2 Å². The first-order valence-electron chi connectivity index (χ1n) is 10.3. The van der Waals surface area contributed by atoms with Crippen molar-refractivity contribution >= 4 is 55.6 Å². The molecular formula is C22H22Cl2N4O3S2. The number of amides is 1. The predicted octanol–water partition coefficient (Wildman–Crippen LogP) is 5.00. The van der Waals surface area contributed by atoms with E-state index in [0.29, 0.717) is 45.1 Å².